The molecule has 0 amide bonds. The molecule has 0 aliphatic heterocycles. The first-order valence-corrected chi connectivity index (χ1v) is 16.7. The molecule has 0 spiro atoms. The van der Waals surface area contributed by atoms with Crippen molar-refractivity contribution in [2.45, 2.75) is 103 Å². The van der Waals surface area contributed by atoms with E-state index in [0.717, 1.165) is 0 Å². The molecule has 0 heterocycles. The van der Waals surface area contributed by atoms with Crippen molar-refractivity contribution in [3.05, 3.63) is 35.9 Å². The molecule has 4 nitrogen and oxygen atoms in total. The SMILES string of the molecule is CC(C)(C)[Si](C)(C)OC[C@@](C)(O)[C@@H](CC(=O)c1ccccc1)O[Si](C)(C)C(C)(C)C. The summed E-state index contributed by atoms with van der Waals surface area (Å²) in [6, 6.07) is 9.23. The zero-order chi connectivity index (χ0) is 23.6. The van der Waals surface area contributed by atoms with Gasteiger partial charge in [0.1, 0.15) is 5.60 Å². The number of hydrogen-bond acceptors (Lipinski definition) is 4. The summed E-state index contributed by atoms with van der Waals surface area (Å²) in [7, 11) is -4.26. The number of carbonyl (C=O) groups excluding carboxylic acids is 1. The first-order valence-electron chi connectivity index (χ1n) is 10.9. The third kappa shape index (κ3) is 7.12. The number of aliphatic hydroxyl groups is 1. The standard InChI is InChI=1S/C24H44O4Si2/c1-22(2,3)29(8,9)27-18-24(7,26)21(28-30(10,11)23(4,5)6)17-20(25)19-15-13-12-14-16-19/h12-16,21,26H,17-18H2,1-11H3/t21-,24-/m1/s1. The number of hydrogen-bond donors (Lipinski definition) is 1. The van der Waals surface area contributed by atoms with E-state index in [9.17, 15) is 9.90 Å². The predicted molar refractivity (Wildman–Crippen MR) is 131 cm³/mol. The summed E-state index contributed by atoms with van der Waals surface area (Å²) in [5.41, 5.74) is -0.627. The van der Waals surface area contributed by atoms with Gasteiger partial charge in [-0.25, -0.2) is 0 Å². The van der Waals surface area contributed by atoms with Crippen LogP contribution in [0.15, 0.2) is 30.3 Å². The van der Waals surface area contributed by atoms with Crippen molar-refractivity contribution in [1.29, 1.82) is 0 Å². The van der Waals surface area contributed by atoms with Crippen molar-refractivity contribution in [1.82, 2.24) is 0 Å². The molecule has 0 fully saturated rings. The zero-order valence-electron chi connectivity index (χ0n) is 21.1. The molecule has 0 aliphatic carbocycles. The van der Waals surface area contributed by atoms with Crippen molar-refractivity contribution < 1.29 is 18.8 Å². The molecule has 0 aliphatic rings. The Labute approximate surface area is 186 Å². The first kappa shape index (κ1) is 27.2. The highest BCUT2D eigenvalue weighted by Gasteiger charge is 2.46. The zero-order valence-corrected chi connectivity index (χ0v) is 23.1. The second-order valence-electron chi connectivity index (χ2n) is 11.8. The molecule has 1 aromatic carbocycles. The number of ketones is 1. The minimum atomic E-state index is -2.21. The molecule has 0 saturated heterocycles. The van der Waals surface area contributed by atoms with E-state index in [0.29, 0.717) is 5.56 Å². The lowest BCUT2D eigenvalue weighted by molar-refractivity contribution is -0.0816. The fourth-order valence-corrected chi connectivity index (χ4v) is 4.96. The molecule has 6 heteroatoms. The normalized spacial score (nSPS) is 16.8. The van der Waals surface area contributed by atoms with Crippen LogP contribution in [0, 0.1) is 0 Å². The van der Waals surface area contributed by atoms with Crippen molar-refractivity contribution in [3.63, 3.8) is 0 Å². The molecular weight excluding hydrogens is 408 g/mol. The summed E-state index contributed by atoms with van der Waals surface area (Å²) in [5, 5.41) is 11.5. The van der Waals surface area contributed by atoms with Crippen LogP contribution in [0.2, 0.25) is 36.3 Å². The fourth-order valence-electron chi connectivity index (χ4n) is 2.47. The van der Waals surface area contributed by atoms with E-state index in [2.05, 4.69) is 67.7 Å². The lowest BCUT2D eigenvalue weighted by Crippen LogP contribution is -2.55. The van der Waals surface area contributed by atoms with Crippen LogP contribution in [0.25, 0.3) is 0 Å². The van der Waals surface area contributed by atoms with Crippen molar-refractivity contribution in [3.8, 4) is 0 Å². The Hall–Kier alpha value is -0.796. The molecule has 0 aromatic heterocycles. The summed E-state index contributed by atoms with van der Waals surface area (Å²) >= 11 is 0. The average Bonchev–Trinajstić information content (AvgIpc) is 2.58. The topological polar surface area (TPSA) is 55.8 Å². The molecule has 0 radical (unpaired) electrons. The van der Waals surface area contributed by atoms with Gasteiger partial charge in [-0.2, -0.15) is 0 Å². The van der Waals surface area contributed by atoms with Gasteiger partial charge in [0.15, 0.2) is 22.4 Å². The van der Waals surface area contributed by atoms with Crippen LogP contribution >= 0.6 is 0 Å². The Morgan fingerprint density at radius 2 is 1.37 bits per heavy atom. The highest BCUT2D eigenvalue weighted by molar-refractivity contribution is 6.74. The summed E-state index contributed by atoms with van der Waals surface area (Å²) < 4.78 is 13.0. The molecule has 2 atom stereocenters. The van der Waals surface area contributed by atoms with E-state index < -0.39 is 28.3 Å². The Morgan fingerprint density at radius 3 is 1.80 bits per heavy atom. The van der Waals surface area contributed by atoms with E-state index in [1.54, 1.807) is 6.92 Å². The highest BCUT2D eigenvalue weighted by atomic mass is 28.4. The van der Waals surface area contributed by atoms with E-state index in [4.69, 9.17) is 8.85 Å². The quantitative estimate of drug-likeness (QED) is 0.347. The van der Waals surface area contributed by atoms with Crippen LogP contribution in [0.1, 0.15) is 65.2 Å². The summed E-state index contributed by atoms with van der Waals surface area (Å²) in [5.74, 6) is -0.0214. The largest absolute Gasteiger partial charge is 0.414 e. The Morgan fingerprint density at radius 1 is 0.900 bits per heavy atom. The van der Waals surface area contributed by atoms with Crippen molar-refractivity contribution in [2.75, 3.05) is 6.61 Å². The number of benzene rings is 1. The number of rotatable bonds is 9. The smallest absolute Gasteiger partial charge is 0.192 e. The van der Waals surface area contributed by atoms with Gasteiger partial charge in [-0.15, -0.1) is 0 Å². The lowest BCUT2D eigenvalue weighted by atomic mass is 9.94. The molecule has 0 bridgehead atoms. The maximum atomic E-state index is 13.0. The van der Waals surface area contributed by atoms with Gasteiger partial charge in [-0.3, -0.25) is 4.79 Å². The molecule has 0 unspecified atom stereocenters. The lowest BCUT2D eigenvalue weighted by Gasteiger charge is -2.45. The molecular formula is C24H44O4Si2. The Balaban J connectivity index is 3.16. The third-order valence-electron chi connectivity index (χ3n) is 6.93. The van der Waals surface area contributed by atoms with Crippen molar-refractivity contribution >= 4 is 22.4 Å². The van der Waals surface area contributed by atoms with E-state index >= 15 is 0 Å². The van der Waals surface area contributed by atoms with Crippen LogP contribution < -0.4 is 0 Å². The maximum absolute atomic E-state index is 13.0. The van der Waals surface area contributed by atoms with Gasteiger partial charge in [0.2, 0.25) is 0 Å². The Kier molecular flexibility index (Phi) is 8.50. The molecule has 1 aromatic rings. The molecule has 172 valence electrons. The van der Waals surface area contributed by atoms with Gasteiger partial charge in [-0.05, 0) is 43.2 Å². The monoisotopic (exact) mass is 452 g/mol. The van der Waals surface area contributed by atoms with Crippen molar-refractivity contribution in [2.24, 2.45) is 0 Å². The van der Waals surface area contributed by atoms with Crippen LogP contribution in [-0.4, -0.2) is 45.8 Å². The third-order valence-corrected chi connectivity index (χ3v) is 15.9. The molecule has 1 rings (SSSR count). The van der Waals surface area contributed by atoms with Gasteiger partial charge in [-0.1, -0.05) is 71.9 Å². The molecule has 0 saturated carbocycles. The second kappa shape index (κ2) is 9.37. The summed E-state index contributed by atoms with van der Waals surface area (Å²) in [6.07, 6.45) is -0.499. The van der Waals surface area contributed by atoms with Gasteiger partial charge in [0, 0.05) is 12.0 Å². The van der Waals surface area contributed by atoms with E-state index in [-0.39, 0.29) is 28.9 Å². The van der Waals surface area contributed by atoms with Gasteiger partial charge in [0.25, 0.3) is 0 Å². The average molecular weight is 453 g/mol. The minimum Gasteiger partial charge on any atom is -0.414 e. The van der Waals surface area contributed by atoms with Crippen LogP contribution in [0.5, 0.6) is 0 Å². The fraction of sp³-hybridized carbons (Fsp3) is 0.708. The van der Waals surface area contributed by atoms with E-state index in [1.165, 1.54) is 0 Å². The van der Waals surface area contributed by atoms with Crippen LogP contribution in [0.4, 0.5) is 0 Å². The Bertz CT molecular complexity index is 698. The highest BCUT2D eigenvalue weighted by Crippen LogP contribution is 2.40. The number of carbonyl (C=O) groups is 1. The first-order chi connectivity index (χ1) is 13.3. The van der Waals surface area contributed by atoms with Crippen LogP contribution in [-0.2, 0) is 8.85 Å². The summed E-state index contributed by atoms with van der Waals surface area (Å²) in [6.45, 7) is 23.6. The van der Waals surface area contributed by atoms with Gasteiger partial charge >= 0.3 is 0 Å². The van der Waals surface area contributed by atoms with Crippen LogP contribution in [0.3, 0.4) is 0 Å². The van der Waals surface area contributed by atoms with Gasteiger partial charge in [0.05, 0.1) is 12.7 Å². The summed E-state index contributed by atoms with van der Waals surface area (Å²) in [4.78, 5) is 13.0. The minimum absolute atomic E-state index is 0.0214. The number of Topliss-reactive ketones (excluding diaryl/α,β-unsaturated/α-hetero) is 1. The second-order valence-corrected chi connectivity index (χ2v) is 21.3. The van der Waals surface area contributed by atoms with Gasteiger partial charge < -0.3 is 14.0 Å². The van der Waals surface area contributed by atoms with E-state index in [1.807, 2.05) is 30.3 Å². The predicted octanol–water partition coefficient (Wildman–Crippen LogP) is 6.42. The molecule has 30 heavy (non-hydrogen) atoms. The maximum Gasteiger partial charge on any atom is 0.192 e. The molecule has 1 N–H and O–H groups in total.